The maximum Gasteiger partial charge on any atom is 0.418 e. The number of aromatic nitrogens is 2. The molecule has 0 radical (unpaired) electrons. The first kappa shape index (κ1) is 21.0. The summed E-state index contributed by atoms with van der Waals surface area (Å²) in [5, 5.41) is 13.0. The molecule has 7 nitrogen and oxygen atoms in total. The predicted octanol–water partition coefficient (Wildman–Crippen LogP) is 1.31. The standard InChI is InChI=1S/C19H21F3N4O3/c1-13-12-16(28)17(18(29)25-8-6-24(7-9-25)10-11-27)23-26(13)15-5-3-2-4-14(15)19(20,21)22/h2-5,12,27H,6-11H2,1H3. The van der Waals surface area contributed by atoms with Gasteiger partial charge in [0.1, 0.15) is 0 Å². The van der Waals surface area contributed by atoms with Crippen LogP contribution in [-0.2, 0) is 6.18 Å². The van der Waals surface area contributed by atoms with E-state index < -0.39 is 28.8 Å². The number of nitrogens with zero attached hydrogens (tertiary/aromatic N) is 4. The molecule has 1 saturated heterocycles. The van der Waals surface area contributed by atoms with E-state index in [0.717, 1.165) is 16.8 Å². The molecule has 2 heterocycles. The fourth-order valence-electron chi connectivity index (χ4n) is 3.30. The van der Waals surface area contributed by atoms with E-state index in [2.05, 4.69) is 5.10 Å². The molecule has 1 aliphatic heterocycles. The molecular weight excluding hydrogens is 389 g/mol. The van der Waals surface area contributed by atoms with Gasteiger partial charge in [0.05, 0.1) is 17.9 Å². The third-order valence-corrected chi connectivity index (χ3v) is 4.82. The van der Waals surface area contributed by atoms with Crippen molar-refractivity contribution in [2.24, 2.45) is 0 Å². The summed E-state index contributed by atoms with van der Waals surface area (Å²) in [6.07, 6.45) is -4.61. The molecule has 0 unspecified atom stereocenters. The summed E-state index contributed by atoms with van der Waals surface area (Å²) < 4.78 is 41.2. The fraction of sp³-hybridized carbons (Fsp3) is 0.421. The van der Waals surface area contributed by atoms with Crippen molar-refractivity contribution in [1.29, 1.82) is 0 Å². The number of rotatable bonds is 4. The van der Waals surface area contributed by atoms with Gasteiger partial charge in [-0.1, -0.05) is 12.1 Å². The molecule has 0 saturated carbocycles. The molecular formula is C19H21F3N4O3. The molecule has 0 aliphatic carbocycles. The van der Waals surface area contributed by atoms with E-state index in [0.29, 0.717) is 32.7 Å². The third-order valence-electron chi connectivity index (χ3n) is 4.82. The third kappa shape index (κ3) is 4.48. The maximum absolute atomic E-state index is 13.4. The second-order valence-electron chi connectivity index (χ2n) is 6.78. The van der Waals surface area contributed by atoms with E-state index in [-0.39, 0.29) is 18.0 Å². The van der Waals surface area contributed by atoms with Crippen molar-refractivity contribution in [3.8, 4) is 5.69 Å². The first-order chi connectivity index (χ1) is 13.7. The summed E-state index contributed by atoms with van der Waals surface area (Å²) in [5.41, 5.74) is -2.01. The van der Waals surface area contributed by atoms with Gasteiger partial charge in [-0.15, -0.1) is 0 Å². The SMILES string of the molecule is Cc1cc(=O)c(C(=O)N2CCN(CCO)CC2)nn1-c1ccccc1C(F)(F)F. The van der Waals surface area contributed by atoms with Crippen LogP contribution < -0.4 is 5.43 Å². The largest absolute Gasteiger partial charge is 0.418 e. The monoisotopic (exact) mass is 410 g/mol. The molecule has 1 fully saturated rings. The topological polar surface area (TPSA) is 78.7 Å². The fourth-order valence-corrected chi connectivity index (χ4v) is 3.30. The van der Waals surface area contributed by atoms with Crippen LogP contribution in [-0.4, -0.2) is 69.9 Å². The van der Waals surface area contributed by atoms with Crippen molar-refractivity contribution in [1.82, 2.24) is 19.6 Å². The van der Waals surface area contributed by atoms with Gasteiger partial charge in [0, 0.05) is 44.5 Å². The highest BCUT2D eigenvalue weighted by Gasteiger charge is 2.34. The minimum Gasteiger partial charge on any atom is -0.395 e. The van der Waals surface area contributed by atoms with Crippen LogP contribution in [0.2, 0.25) is 0 Å². The number of carbonyl (C=O) groups is 1. The number of aliphatic hydroxyl groups excluding tert-OH is 1. The second kappa shape index (κ2) is 8.34. The maximum atomic E-state index is 13.4. The van der Waals surface area contributed by atoms with Crippen LogP contribution in [0.25, 0.3) is 5.69 Å². The number of aliphatic hydroxyl groups is 1. The van der Waals surface area contributed by atoms with E-state index in [1.807, 2.05) is 4.90 Å². The Morgan fingerprint density at radius 1 is 1.17 bits per heavy atom. The lowest BCUT2D eigenvalue weighted by molar-refractivity contribution is -0.137. The summed E-state index contributed by atoms with van der Waals surface area (Å²) in [7, 11) is 0. The van der Waals surface area contributed by atoms with Crippen LogP contribution in [0.15, 0.2) is 35.1 Å². The lowest BCUT2D eigenvalue weighted by Gasteiger charge is -2.34. The molecule has 10 heteroatoms. The molecule has 0 bridgehead atoms. The first-order valence-electron chi connectivity index (χ1n) is 9.12. The number of hydrogen-bond acceptors (Lipinski definition) is 5. The number of alkyl halides is 3. The number of piperazine rings is 1. The van der Waals surface area contributed by atoms with Crippen molar-refractivity contribution in [2.75, 3.05) is 39.3 Å². The van der Waals surface area contributed by atoms with Crippen LogP contribution in [0.3, 0.4) is 0 Å². The Bertz CT molecular complexity index is 950. The van der Waals surface area contributed by atoms with Crippen LogP contribution in [0.4, 0.5) is 13.2 Å². The molecule has 0 atom stereocenters. The Morgan fingerprint density at radius 3 is 2.45 bits per heavy atom. The van der Waals surface area contributed by atoms with Crippen molar-refractivity contribution in [3.63, 3.8) is 0 Å². The van der Waals surface area contributed by atoms with Gasteiger partial charge < -0.3 is 10.0 Å². The number of aryl methyl sites for hydroxylation is 1. The normalized spacial score (nSPS) is 15.6. The average Bonchev–Trinajstić information content (AvgIpc) is 2.68. The highest BCUT2D eigenvalue weighted by Crippen LogP contribution is 2.33. The zero-order valence-corrected chi connectivity index (χ0v) is 15.8. The van der Waals surface area contributed by atoms with E-state index in [1.165, 1.54) is 30.0 Å². The van der Waals surface area contributed by atoms with Crippen molar-refractivity contribution in [3.05, 3.63) is 57.5 Å². The van der Waals surface area contributed by atoms with Crippen LogP contribution in [0.5, 0.6) is 0 Å². The molecule has 1 N–H and O–H groups in total. The average molecular weight is 410 g/mol. The Balaban J connectivity index is 1.96. The summed E-state index contributed by atoms with van der Waals surface area (Å²) in [4.78, 5) is 28.6. The van der Waals surface area contributed by atoms with Crippen molar-refractivity contribution < 1.29 is 23.1 Å². The number of β-amino-alcohol motifs (C(OH)–C–C–N with tert-alkyl or cyclic N) is 1. The molecule has 1 aromatic heterocycles. The van der Waals surface area contributed by atoms with E-state index in [9.17, 15) is 22.8 Å². The number of halogens is 3. The van der Waals surface area contributed by atoms with Gasteiger partial charge in [0.2, 0.25) is 5.43 Å². The summed E-state index contributed by atoms with van der Waals surface area (Å²) in [6, 6.07) is 5.99. The summed E-state index contributed by atoms with van der Waals surface area (Å²) in [6.45, 7) is 3.71. The van der Waals surface area contributed by atoms with E-state index >= 15 is 0 Å². The van der Waals surface area contributed by atoms with Gasteiger partial charge in [-0.3, -0.25) is 14.5 Å². The lowest BCUT2D eigenvalue weighted by Crippen LogP contribution is -2.50. The molecule has 29 heavy (non-hydrogen) atoms. The lowest BCUT2D eigenvalue weighted by atomic mass is 10.1. The van der Waals surface area contributed by atoms with Gasteiger partial charge in [-0.05, 0) is 19.1 Å². The first-order valence-corrected chi connectivity index (χ1v) is 9.12. The van der Waals surface area contributed by atoms with Crippen LogP contribution >= 0.6 is 0 Å². The smallest absolute Gasteiger partial charge is 0.395 e. The number of para-hydroxylation sites is 1. The van der Waals surface area contributed by atoms with Crippen LogP contribution in [0, 0.1) is 6.92 Å². The molecule has 2 aromatic rings. The zero-order valence-electron chi connectivity index (χ0n) is 15.8. The Kier molecular flexibility index (Phi) is 6.04. The molecule has 3 rings (SSSR count). The van der Waals surface area contributed by atoms with Crippen molar-refractivity contribution in [2.45, 2.75) is 13.1 Å². The van der Waals surface area contributed by atoms with Gasteiger partial charge >= 0.3 is 6.18 Å². The highest BCUT2D eigenvalue weighted by atomic mass is 19.4. The number of amides is 1. The molecule has 1 aliphatic rings. The van der Waals surface area contributed by atoms with Crippen molar-refractivity contribution >= 4 is 5.91 Å². The minimum absolute atomic E-state index is 0.0107. The summed E-state index contributed by atoms with van der Waals surface area (Å²) >= 11 is 0. The number of benzene rings is 1. The summed E-state index contributed by atoms with van der Waals surface area (Å²) in [5.74, 6) is -0.614. The van der Waals surface area contributed by atoms with Crippen LogP contribution in [0.1, 0.15) is 21.7 Å². The van der Waals surface area contributed by atoms with Gasteiger partial charge in [-0.25, -0.2) is 4.68 Å². The Labute approximate surface area is 165 Å². The number of carbonyl (C=O) groups excluding carboxylic acids is 1. The quantitative estimate of drug-likeness (QED) is 0.823. The minimum atomic E-state index is -4.61. The predicted molar refractivity (Wildman–Crippen MR) is 99.0 cm³/mol. The Hall–Kier alpha value is -2.72. The highest BCUT2D eigenvalue weighted by molar-refractivity contribution is 5.92. The molecule has 156 valence electrons. The van der Waals surface area contributed by atoms with Gasteiger partial charge in [0.15, 0.2) is 5.69 Å². The Morgan fingerprint density at radius 2 is 1.83 bits per heavy atom. The second-order valence-corrected chi connectivity index (χ2v) is 6.78. The molecule has 0 spiro atoms. The van der Waals surface area contributed by atoms with E-state index in [1.54, 1.807) is 0 Å². The zero-order chi connectivity index (χ0) is 21.2. The van der Waals surface area contributed by atoms with Gasteiger partial charge in [-0.2, -0.15) is 18.3 Å². The molecule has 1 aromatic carbocycles. The number of hydrogen-bond donors (Lipinski definition) is 1. The van der Waals surface area contributed by atoms with E-state index in [4.69, 9.17) is 5.11 Å². The molecule has 1 amide bonds. The van der Waals surface area contributed by atoms with Gasteiger partial charge in [0.25, 0.3) is 5.91 Å².